The largest absolute Gasteiger partial charge is 0.489 e. The second-order valence-corrected chi connectivity index (χ2v) is 9.85. The summed E-state index contributed by atoms with van der Waals surface area (Å²) in [7, 11) is 5.19. The Morgan fingerprint density at radius 2 is 1.78 bits per heavy atom. The van der Waals surface area contributed by atoms with Crippen molar-refractivity contribution in [3.63, 3.8) is 0 Å². The quantitative estimate of drug-likeness (QED) is 0.619. The molecular formula is C29H35N3O5. The lowest BCUT2D eigenvalue weighted by Crippen LogP contribution is -2.45. The molecule has 4 rings (SSSR count). The fourth-order valence-electron chi connectivity index (χ4n) is 5.14. The fraction of sp³-hybridized carbons (Fsp3) is 0.483. The second kappa shape index (κ2) is 12.2. The number of fused-ring (bicyclic) bond motifs is 3. The Bertz CT molecular complexity index is 1130. The van der Waals surface area contributed by atoms with Gasteiger partial charge in [-0.2, -0.15) is 5.26 Å². The number of methoxy groups -OCH3 is 1. The van der Waals surface area contributed by atoms with E-state index in [4.69, 9.17) is 14.2 Å². The first kappa shape index (κ1) is 26.6. The molecule has 2 aromatic rings. The van der Waals surface area contributed by atoms with E-state index in [1.807, 2.05) is 37.4 Å². The lowest BCUT2D eigenvalue weighted by Gasteiger charge is -2.36. The molecule has 0 unspecified atom stereocenters. The fourth-order valence-corrected chi connectivity index (χ4v) is 5.14. The zero-order chi connectivity index (χ0) is 26.4. The van der Waals surface area contributed by atoms with Gasteiger partial charge in [0.1, 0.15) is 24.5 Å². The molecule has 0 spiro atoms. The third kappa shape index (κ3) is 6.30. The van der Waals surface area contributed by atoms with Crippen LogP contribution < -0.4 is 4.74 Å². The van der Waals surface area contributed by atoms with Gasteiger partial charge in [0, 0.05) is 46.6 Å². The Morgan fingerprint density at radius 1 is 1.00 bits per heavy atom. The van der Waals surface area contributed by atoms with Gasteiger partial charge in [-0.25, -0.2) is 0 Å². The van der Waals surface area contributed by atoms with Gasteiger partial charge < -0.3 is 24.0 Å². The normalized spacial score (nSPS) is 25.7. The molecule has 0 N–H and O–H groups in total. The van der Waals surface area contributed by atoms with Crippen LogP contribution in [0.5, 0.6) is 5.75 Å². The van der Waals surface area contributed by atoms with Crippen molar-refractivity contribution in [1.29, 1.82) is 5.26 Å². The molecule has 37 heavy (non-hydrogen) atoms. The number of hydrogen-bond donors (Lipinski definition) is 0. The number of para-hydroxylation sites is 1. The average Bonchev–Trinajstić information content (AvgIpc) is 2.93. The van der Waals surface area contributed by atoms with Crippen molar-refractivity contribution < 1.29 is 23.8 Å². The van der Waals surface area contributed by atoms with Gasteiger partial charge in [-0.1, -0.05) is 36.4 Å². The van der Waals surface area contributed by atoms with E-state index in [1.54, 1.807) is 42.2 Å². The molecule has 2 aliphatic rings. The number of likely N-dealkylation sites (N-methyl/N-ethyl adjacent to an activating group) is 1. The number of carbonyl (C=O) groups is 2. The number of nitriles is 1. The minimum atomic E-state index is -0.354. The van der Waals surface area contributed by atoms with Gasteiger partial charge in [0.05, 0.1) is 23.3 Å². The van der Waals surface area contributed by atoms with E-state index in [2.05, 4.69) is 6.07 Å². The zero-order valence-electron chi connectivity index (χ0n) is 21.8. The molecule has 1 fully saturated rings. The summed E-state index contributed by atoms with van der Waals surface area (Å²) >= 11 is 0. The highest BCUT2D eigenvalue weighted by atomic mass is 16.6. The Hall–Kier alpha value is -3.41. The third-order valence-electron chi connectivity index (χ3n) is 7.36. The maximum atomic E-state index is 13.6. The van der Waals surface area contributed by atoms with Crippen LogP contribution in [0.4, 0.5) is 0 Å². The molecular weight excluding hydrogens is 470 g/mol. The van der Waals surface area contributed by atoms with Crippen molar-refractivity contribution in [3.8, 4) is 11.8 Å². The summed E-state index contributed by atoms with van der Waals surface area (Å²) in [6, 6.07) is 16.9. The molecule has 2 heterocycles. The van der Waals surface area contributed by atoms with Crippen LogP contribution in [0.1, 0.15) is 53.1 Å². The monoisotopic (exact) mass is 505 g/mol. The Kier molecular flexibility index (Phi) is 8.80. The van der Waals surface area contributed by atoms with Gasteiger partial charge in [-0.05, 0) is 37.0 Å². The number of nitrogens with zero attached hydrogens (tertiary/aromatic N) is 3. The average molecular weight is 506 g/mol. The number of rotatable bonds is 2. The molecule has 0 aliphatic carbocycles. The molecule has 0 aromatic heterocycles. The molecule has 4 atom stereocenters. The van der Waals surface area contributed by atoms with Gasteiger partial charge in [-0.3, -0.25) is 9.59 Å². The molecule has 8 nitrogen and oxygen atoms in total. The first-order valence-electron chi connectivity index (χ1n) is 12.8. The smallest absolute Gasteiger partial charge is 0.257 e. The number of carbonyl (C=O) groups excluding carboxylic acids is 2. The predicted octanol–water partition coefficient (Wildman–Crippen LogP) is 3.61. The Morgan fingerprint density at radius 3 is 2.51 bits per heavy atom. The molecule has 2 amide bonds. The minimum Gasteiger partial charge on any atom is -0.489 e. The van der Waals surface area contributed by atoms with E-state index < -0.39 is 0 Å². The van der Waals surface area contributed by atoms with E-state index in [1.165, 1.54) is 0 Å². The van der Waals surface area contributed by atoms with Crippen LogP contribution in [0.3, 0.4) is 0 Å². The van der Waals surface area contributed by atoms with Crippen LogP contribution in [0.25, 0.3) is 0 Å². The van der Waals surface area contributed by atoms with Crippen LogP contribution in [0.2, 0.25) is 0 Å². The first-order chi connectivity index (χ1) is 17.9. The van der Waals surface area contributed by atoms with Gasteiger partial charge in [0.15, 0.2) is 0 Å². The molecule has 196 valence electrons. The lowest BCUT2D eigenvalue weighted by molar-refractivity contribution is -0.145. The zero-order valence-corrected chi connectivity index (χ0v) is 21.8. The number of hydrogen-bond acceptors (Lipinski definition) is 6. The molecule has 8 heteroatoms. The van der Waals surface area contributed by atoms with E-state index in [0.29, 0.717) is 25.1 Å². The lowest BCUT2D eigenvalue weighted by atomic mass is 9.94. The third-order valence-corrected chi connectivity index (χ3v) is 7.36. The van der Waals surface area contributed by atoms with Gasteiger partial charge >= 0.3 is 0 Å². The summed E-state index contributed by atoms with van der Waals surface area (Å²) in [4.78, 5) is 30.2. The van der Waals surface area contributed by atoms with Crippen molar-refractivity contribution >= 4 is 11.8 Å². The standard InChI is InChI=1S/C29H35N3O5/c1-31-15-14-23-12-13-25(35-3)26(37-23)19-36-28-21(17-30)10-7-11-24(28)29(34)32(2)18-22(16-27(31)33)20-8-5-4-6-9-20/h4-11,22-23,25-26H,12-16,18-19H2,1-3H3/t22-,23-,25-,26+/m1/s1. The minimum absolute atomic E-state index is 0.0272. The number of amides is 2. The van der Waals surface area contributed by atoms with E-state index in [0.717, 1.165) is 18.4 Å². The summed E-state index contributed by atoms with van der Waals surface area (Å²) in [5.41, 5.74) is 1.60. The Labute approximate surface area is 218 Å². The number of ether oxygens (including phenoxy) is 3. The van der Waals surface area contributed by atoms with Crippen LogP contribution in [0, 0.1) is 11.3 Å². The molecule has 0 radical (unpaired) electrons. The summed E-state index contributed by atoms with van der Waals surface area (Å²) in [6.45, 7) is 1.07. The maximum Gasteiger partial charge on any atom is 0.257 e. The van der Waals surface area contributed by atoms with Crippen molar-refractivity contribution in [2.24, 2.45) is 0 Å². The summed E-state index contributed by atoms with van der Waals surface area (Å²) in [6.07, 6.45) is 2.07. The topological polar surface area (TPSA) is 92.1 Å². The van der Waals surface area contributed by atoms with E-state index in [-0.39, 0.29) is 60.4 Å². The SMILES string of the molecule is CO[C@@H]1CC[C@@H]2CCN(C)C(=O)C[C@@H](c3ccccc3)CN(C)C(=O)c3cccc(C#N)c3OC[C@@H]1O2. The highest BCUT2D eigenvalue weighted by Gasteiger charge is 2.33. The van der Waals surface area contributed by atoms with Crippen LogP contribution in [-0.4, -0.2) is 80.8 Å². The molecule has 0 saturated carbocycles. The maximum absolute atomic E-state index is 13.6. The van der Waals surface area contributed by atoms with E-state index in [9.17, 15) is 14.9 Å². The van der Waals surface area contributed by atoms with Gasteiger partial charge in [0.25, 0.3) is 5.91 Å². The molecule has 1 saturated heterocycles. The Balaban J connectivity index is 1.70. The van der Waals surface area contributed by atoms with Crippen molar-refractivity contribution in [2.45, 2.75) is 49.9 Å². The summed E-state index contributed by atoms with van der Waals surface area (Å²) < 4.78 is 18.1. The first-order valence-corrected chi connectivity index (χ1v) is 12.8. The summed E-state index contributed by atoms with van der Waals surface area (Å²) in [5.74, 6) is -0.174. The van der Waals surface area contributed by atoms with Crippen molar-refractivity contribution in [1.82, 2.24) is 9.80 Å². The van der Waals surface area contributed by atoms with Crippen LogP contribution in [0.15, 0.2) is 48.5 Å². The summed E-state index contributed by atoms with van der Waals surface area (Å²) in [5, 5.41) is 9.75. The van der Waals surface area contributed by atoms with E-state index >= 15 is 0 Å². The van der Waals surface area contributed by atoms with Gasteiger partial charge in [0.2, 0.25) is 5.91 Å². The molecule has 2 bridgehead atoms. The van der Waals surface area contributed by atoms with Crippen LogP contribution >= 0.6 is 0 Å². The molecule has 2 aromatic carbocycles. The van der Waals surface area contributed by atoms with Gasteiger partial charge in [-0.15, -0.1) is 0 Å². The predicted molar refractivity (Wildman–Crippen MR) is 138 cm³/mol. The van der Waals surface area contributed by atoms with Crippen molar-refractivity contribution in [3.05, 3.63) is 65.2 Å². The molecule has 2 aliphatic heterocycles. The highest BCUT2D eigenvalue weighted by Crippen LogP contribution is 2.30. The highest BCUT2D eigenvalue weighted by molar-refractivity contribution is 5.97. The van der Waals surface area contributed by atoms with Crippen molar-refractivity contribution in [2.75, 3.05) is 40.9 Å². The van der Waals surface area contributed by atoms with Crippen LogP contribution in [-0.2, 0) is 14.3 Å². The second-order valence-electron chi connectivity index (χ2n) is 9.85. The number of benzene rings is 2.